The summed E-state index contributed by atoms with van der Waals surface area (Å²) >= 11 is 6.00. The third kappa shape index (κ3) is 8.34. The van der Waals surface area contributed by atoms with E-state index in [1.54, 1.807) is 0 Å². The molecule has 4 nitrogen and oxygen atoms in total. The van der Waals surface area contributed by atoms with Gasteiger partial charge in [-0.15, -0.1) is 0 Å². The number of halogens is 2. The van der Waals surface area contributed by atoms with E-state index in [4.69, 9.17) is 15.1 Å². The Morgan fingerprint density at radius 2 is 1.09 bits per heavy atom. The first-order chi connectivity index (χ1) is 22.1. The van der Waals surface area contributed by atoms with Gasteiger partial charge in [0.05, 0.1) is 23.1 Å². The van der Waals surface area contributed by atoms with Crippen LogP contribution in [0.3, 0.4) is 0 Å². The van der Waals surface area contributed by atoms with Gasteiger partial charge in [0.25, 0.3) is 0 Å². The van der Waals surface area contributed by atoms with E-state index in [0.717, 1.165) is 39.4 Å². The van der Waals surface area contributed by atoms with Crippen molar-refractivity contribution in [3.8, 4) is 0 Å². The molecule has 0 unspecified atom stereocenters. The molecule has 5 aromatic rings. The molecule has 46 heavy (non-hydrogen) atoms. The van der Waals surface area contributed by atoms with Crippen LogP contribution in [-0.2, 0) is 10.9 Å². The average Bonchev–Trinajstić information content (AvgIpc) is 3.41. The maximum absolute atomic E-state index is 5.47. The topological polar surface area (TPSA) is 42.5 Å². The molecule has 4 aromatic carbocycles. The maximum atomic E-state index is 5.47. The van der Waals surface area contributed by atoms with Crippen molar-refractivity contribution in [1.29, 1.82) is 0 Å². The zero-order valence-corrected chi connectivity index (χ0v) is 32.1. The Hall–Kier alpha value is -2.86. The first kappa shape index (κ1) is 36.0. The van der Waals surface area contributed by atoms with E-state index >= 15 is 0 Å². The summed E-state index contributed by atoms with van der Waals surface area (Å²) in [6.07, 6.45) is 1.94. The molecule has 0 amide bonds. The molecule has 244 valence electrons. The molecule has 5 rings (SSSR count). The van der Waals surface area contributed by atoms with Crippen LogP contribution in [0.4, 0.5) is 11.4 Å². The van der Waals surface area contributed by atoms with Crippen molar-refractivity contribution < 1.29 is 10.9 Å². The van der Waals surface area contributed by atoms with Crippen LogP contribution in [0.5, 0.6) is 0 Å². The van der Waals surface area contributed by atoms with Gasteiger partial charge in [0, 0.05) is 10.9 Å². The Kier molecular flexibility index (Phi) is 13.2. The SMILES string of the molecule is CC(C)c1cccc(C(C)C)c1N=Cc1nn(C(=Nc2c(C(C)C)cccc2C(C)C)c2ccccc2)c2ccccc12.[Br][Ni][Br]. The number of fused-ring (bicyclic) bond motifs is 1. The van der Waals surface area contributed by atoms with E-state index in [0.29, 0.717) is 23.7 Å². The van der Waals surface area contributed by atoms with Crippen molar-refractivity contribution in [2.24, 2.45) is 9.98 Å². The zero-order chi connectivity index (χ0) is 33.4. The molecule has 0 saturated heterocycles. The van der Waals surface area contributed by atoms with Gasteiger partial charge in [0.2, 0.25) is 0 Å². The predicted octanol–water partition coefficient (Wildman–Crippen LogP) is 12.6. The van der Waals surface area contributed by atoms with Gasteiger partial charge in [-0.05, 0) is 52.0 Å². The van der Waals surface area contributed by atoms with Crippen LogP contribution in [0.2, 0.25) is 0 Å². The zero-order valence-electron chi connectivity index (χ0n) is 27.9. The Morgan fingerprint density at radius 3 is 1.59 bits per heavy atom. The first-order valence-corrected chi connectivity index (χ1v) is 20.7. The van der Waals surface area contributed by atoms with E-state index in [-0.39, 0.29) is 0 Å². The molecular formula is C39H44Br2N4Ni. The monoisotopic (exact) mass is 784 g/mol. The third-order valence-corrected chi connectivity index (χ3v) is 8.07. The minimum atomic E-state index is 0.336. The summed E-state index contributed by atoms with van der Waals surface area (Å²) in [5.74, 6) is 2.21. The summed E-state index contributed by atoms with van der Waals surface area (Å²) in [5.41, 5.74) is 9.92. The number of nitrogens with zero attached hydrogens (tertiary/aromatic N) is 4. The minimum absolute atomic E-state index is 0.336. The fourth-order valence-electron chi connectivity index (χ4n) is 5.70. The van der Waals surface area contributed by atoms with Crippen LogP contribution in [0.15, 0.2) is 101 Å². The molecule has 0 atom stereocenters. The van der Waals surface area contributed by atoms with Crippen molar-refractivity contribution in [3.63, 3.8) is 0 Å². The number of aromatic nitrogens is 2. The van der Waals surface area contributed by atoms with Gasteiger partial charge in [-0.25, -0.2) is 9.67 Å². The summed E-state index contributed by atoms with van der Waals surface area (Å²) in [5, 5.41) is 6.26. The van der Waals surface area contributed by atoms with Crippen molar-refractivity contribution in [3.05, 3.63) is 125 Å². The second-order valence-corrected chi connectivity index (χ2v) is 17.6. The van der Waals surface area contributed by atoms with E-state index in [2.05, 4.69) is 169 Å². The van der Waals surface area contributed by atoms with Gasteiger partial charge in [-0.3, -0.25) is 4.99 Å². The second kappa shape index (κ2) is 16.8. The first-order valence-electron chi connectivity index (χ1n) is 15.8. The summed E-state index contributed by atoms with van der Waals surface area (Å²) < 4.78 is 2.00. The standard InChI is InChI=1S/C39H44N4.2BrH.Ni/c1-25(2)30-19-14-20-31(26(3)4)37(30)40-24-35-34-18-12-13-23-36(34)43(42-35)39(29-16-10-9-11-17-29)41-38-32(27(5)6)21-15-22-33(38)28(7)8;;;/h9-28H,1-8H3;2*1H;/q;;;+2/p-2. The van der Waals surface area contributed by atoms with Gasteiger partial charge in [0.1, 0.15) is 5.69 Å². The van der Waals surface area contributed by atoms with Gasteiger partial charge >= 0.3 is 39.3 Å². The quantitative estimate of drug-likeness (QED) is 0.0877. The summed E-state index contributed by atoms with van der Waals surface area (Å²) in [6, 6.07) is 31.9. The van der Waals surface area contributed by atoms with E-state index in [9.17, 15) is 0 Å². The fraction of sp³-hybridized carbons (Fsp3) is 0.308. The van der Waals surface area contributed by atoms with Crippen molar-refractivity contribution in [2.75, 3.05) is 0 Å². The molecule has 0 fully saturated rings. The van der Waals surface area contributed by atoms with Gasteiger partial charge in [0.15, 0.2) is 5.84 Å². The van der Waals surface area contributed by atoms with Gasteiger partial charge < -0.3 is 0 Å². The Morgan fingerprint density at radius 1 is 0.630 bits per heavy atom. The number of hydrogen-bond acceptors (Lipinski definition) is 3. The third-order valence-electron chi connectivity index (χ3n) is 8.07. The van der Waals surface area contributed by atoms with Crippen molar-refractivity contribution >= 4 is 62.8 Å². The number of benzene rings is 4. The van der Waals surface area contributed by atoms with Crippen molar-refractivity contribution in [1.82, 2.24) is 9.78 Å². The average molecular weight is 787 g/mol. The summed E-state index contributed by atoms with van der Waals surface area (Å²) in [4.78, 5) is 10.6. The van der Waals surface area contributed by atoms with Crippen LogP contribution < -0.4 is 0 Å². The van der Waals surface area contributed by atoms with E-state index < -0.39 is 0 Å². The molecule has 0 N–H and O–H groups in total. The molecule has 1 heterocycles. The van der Waals surface area contributed by atoms with Crippen LogP contribution in [-0.4, -0.2) is 21.8 Å². The summed E-state index contributed by atoms with van der Waals surface area (Å²) in [7, 11) is 1.25. The molecule has 0 bridgehead atoms. The summed E-state index contributed by atoms with van der Waals surface area (Å²) in [6.45, 7) is 17.9. The van der Waals surface area contributed by atoms with Gasteiger partial charge in [-0.1, -0.05) is 140 Å². The second-order valence-electron chi connectivity index (χ2n) is 12.6. The molecule has 0 radical (unpaired) electrons. The van der Waals surface area contributed by atoms with E-state index in [1.165, 1.54) is 33.2 Å². The Balaban J connectivity index is 0.00000154. The molecule has 7 heteroatoms. The fourth-order valence-corrected chi connectivity index (χ4v) is 5.70. The number of para-hydroxylation sites is 3. The van der Waals surface area contributed by atoms with Crippen LogP contribution in [0.1, 0.15) is 113 Å². The molecular weight excluding hydrogens is 743 g/mol. The number of hydrogen-bond donors (Lipinski definition) is 0. The van der Waals surface area contributed by atoms with E-state index in [1.807, 2.05) is 17.0 Å². The number of aliphatic imine (C=N–C) groups is 2. The molecule has 0 aliphatic rings. The molecule has 0 saturated carbocycles. The predicted molar refractivity (Wildman–Crippen MR) is 202 cm³/mol. The Bertz CT molecular complexity index is 1750. The Labute approximate surface area is 295 Å². The molecule has 0 aliphatic carbocycles. The van der Waals surface area contributed by atoms with Crippen molar-refractivity contribution in [2.45, 2.75) is 79.1 Å². The molecule has 1 aromatic heterocycles. The number of rotatable bonds is 8. The normalized spacial score (nSPS) is 12.3. The van der Waals surface area contributed by atoms with Gasteiger partial charge in [-0.2, -0.15) is 5.10 Å². The van der Waals surface area contributed by atoms with Crippen LogP contribution >= 0.6 is 28.5 Å². The molecule has 0 spiro atoms. The van der Waals surface area contributed by atoms with Crippen LogP contribution in [0, 0.1) is 0 Å². The molecule has 0 aliphatic heterocycles. The van der Waals surface area contributed by atoms with Crippen LogP contribution in [0.25, 0.3) is 10.9 Å².